The van der Waals surface area contributed by atoms with E-state index in [9.17, 15) is 0 Å². The summed E-state index contributed by atoms with van der Waals surface area (Å²) in [5.74, 6) is 0.880. The largest absolute Gasteiger partial charge is 0.307 e. The van der Waals surface area contributed by atoms with Gasteiger partial charge in [0.15, 0.2) is 0 Å². The van der Waals surface area contributed by atoms with E-state index in [4.69, 9.17) is 0 Å². The Balaban J connectivity index is 1.57. The zero-order valence-electron chi connectivity index (χ0n) is 12.0. The zero-order valence-corrected chi connectivity index (χ0v) is 12.8. The third-order valence-corrected chi connectivity index (χ3v) is 5.45. The van der Waals surface area contributed by atoms with Crippen LogP contribution in [0.3, 0.4) is 0 Å². The zero-order chi connectivity index (χ0) is 13.2. The Kier molecular flexibility index (Phi) is 4.22. The van der Waals surface area contributed by atoms with E-state index in [0.717, 1.165) is 12.5 Å². The van der Waals surface area contributed by atoms with Gasteiger partial charge in [-0.25, -0.2) is 0 Å². The van der Waals surface area contributed by atoms with Gasteiger partial charge in [-0.3, -0.25) is 4.90 Å². The molecule has 3 nitrogen and oxygen atoms in total. The third kappa shape index (κ3) is 3.37. The van der Waals surface area contributed by atoms with Crippen LogP contribution in [-0.4, -0.2) is 56.1 Å². The van der Waals surface area contributed by atoms with Crippen molar-refractivity contribution in [3.05, 3.63) is 22.4 Å². The number of hydrogen-bond acceptors (Lipinski definition) is 4. The molecule has 19 heavy (non-hydrogen) atoms. The van der Waals surface area contributed by atoms with Gasteiger partial charge in [-0.2, -0.15) is 0 Å². The van der Waals surface area contributed by atoms with E-state index in [-0.39, 0.29) is 0 Å². The van der Waals surface area contributed by atoms with Crippen LogP contribution in [0.15, 0.2) is 17.5 Å². The number of hydrogen-bond donors (Lipinski definition) is 1. The highest BCUT2D eigenvalue weighted by Gasteiger charge is 2.33. The van der Waals surface area contributed by atoms with E-state index in [1.807, 2.05) is 11.3 Å². The fourth-order valence-corrected chi connectivity index (χ4v) is 3.88. The predicted molar refractivity (Wildman–Crippen MR) is 81.7 cm³/mol. The summed E-state index contributed by atoms with van der Waals surface area (Å²) in [7, 11) is 4.49. The van der Waals surface area contributed by atoms with E-state index in [1.165, 1.54) is 37.4 Å². The molecular formula is C15H25N3S. The van der Waals surface area contributed by atoms with Crippen molar-refractivity contribution in [1.29, 1.82) is 0 Å². The lowest BCUT2D eigenvalue weighted by atomic mass is 10.1. The van der Waals surface area contributed by atoms with Gasteiger partial charge in [-0.05, 0) is 44.3 Å². The molecule has 1 aromatic heterocycles. The van der Waals surface area contributed by atoms with Gasteiger partial charge >= 0.3 is 0 Å². The van der Waals surface area contributed by atoms with Gasteiger partial charge in [-0.15, -0.1) is 11.3 Å². The Labute approximate surface area is 120 Å². The summed E-state index contributed by atoms with van der Waals surface area (Å²) < 4.78 is 0. The van der Waals surface area contributed by atoms with Crippen LogP contribution in [0.4, 0.5) is 0 Å². The lowest BCUT2D eigenvalue weighted by Crippen LogP contribution is -2.54. The van der Waals surface area contributed by atoms with Crippen molar-refractivity contribution in [2.24, 2.45) is 5.92 Å². The molecule has 0 amide bonds. The molecule has 1 aliphatic heterocycles. The number of nitrogens with zero attached hydrogens (tertiary/aromatic N) is 2. The highest BCUT2D eigenvalue weighted by atomic mass is 32.1. The average Bonchev–Trinajstić information content (AvgIpc) is 3.09. The first-order valence-corrected chi connectivity index (χ1v) is 8.27. The van der Waals surface area contributed by atoms with Crippen molar-refractivity contribution < 1.29 is 0 Å². The summed E-state index contributed by atoms with van der Waals surface area (Å²) in [5.41, 5.74) is 0. The van der Waals surface area contributed by atoms with E-state index in [0.29, 0.717) is 12.1 Å². The van der Waals surface area contributed by atoms with Crippen molar-refractivity contribution in [3.8, 4) is 0 Å². The Hall–Kier alpha value is -0.420. The first-order chi connectivity index (χ1) is 9.24. The molecule has 2 atom stereocenters. The van der Waals surface area contributed by atoms with Crippen LogP contribution in [0.25, 0.3) is 0 Å². The summed E-state index contributed by atoms with van der Waals surface area (Å²) in [4.78, 5) is 6.48. The van der Waals surface area contributed by atoms with Gasteiger partial charge < -0.3 is 10.2 Å². The van der Waals surface area contributed by atoms with Crippen LogP contribution < -0.4 is 5.32 Å². The Morgan fingerprint density at radius 1 is 1.37 bits per heavy atom. The predicted octanol–water partition coefficient (Wildman–Crippen LogP) is 2.03. The lowest BCUT2D eigenvalue weighted by molar-refractivity contribution is 0.111. The molecule has 0 spiro atoms. The van der Waals surface area contributed by atoms with E-state index in [1.54, 1.807) is 0 Å². The average molecular weight is 279 g/mol. The molecule has 0 bridgehead atoms. The molecule has 1 N–H and O–H groups in total. The number of rotatable bonds is 5. The maximum atomic E-state index is 3.85. The molecule has 2 fully saturated rings. The van der Waals surface area contributed by atoms with Crippen LogP contribution in [-0.2, 0) is 0 Å². The van der Waals surface area contributed by atoms with Crippen LogP contribution in [0.2, 0.25) is 0 Å². The second-order valence-electron chi connectivity index (χ2n) is 6.14. The summed E-state index contributed by atoms with van der Waals surface area (Å²) in [6.07, 6.45) is 2.80. The molecule has 4 heteroatoms. The van der Waals surface area contributed by atoms with Gasteiger partial charge in [0.05, 0.1) is 0 Å². The summed E-state index contributed by atoms with van der Waals surface area (Å²) in [6, 6.07) is 5.72. The maximum absolute atomic E-state index is 3.85. The van der Waals surface area contributed by atoms with Crippen molar-refractivity contribution in [3.63, 3.8) is 0 Å². The minimum absolute atomic E-state index is 0.598. The van der Waals surface area contributed by atoms with E-state index in [2.05, 4.69) is 46.7 Å². The highest BCUT2D eigenvalue weighted by Crippen LogP contribution is 2.42. The second-order valence-corrected chi connectivity index (χ2v) is 7.11. The quantitative estimate of drug-likeness (QED) is 0.890. The number of thiophene rings is 1. The SMILES string of the molecule is CN1CCN(C)C(CNC(c2cccs2)C2CC2)C1. The Morgan fingerprint density at radius 3 is 2.89 bits per heavy atom. The molecule has 3 rings (SSSR count). The van der Waals surface area contributed by atoms with Crippen LogP contribution in [0, 0.1) is 5.92 Å². The molecule has 2 heterocycles. The summed E-state index contributed by atoms with van der Waals surface area (Å²) >= 11 is 1.90. The van der Waals surface area contributed by atoms with Crippen LogP contribution >= 0.6 is 11.3 Å². The first-order valence-electron chi connectivity index (χ1n) is 7.39. The molecular weight excluding hydrogens is 254 g/mol. The standard InChI is InChI=1S/C15H25N3S/c1-17-7-8-18(2)13(11-17)10-16-15(12-5-6-12)14-4-3-9-19-14/h3-4,9,12-13,15-16H,5-8,10-11H2,1-2H3. The van der Waals surface area contributed by atoms with Gasteiger partial charge in [0.25, 0.3) is 0 Å². The summed E-state index contributed by atoms with van der Waals surface area (Å²) in [6.45, 7) is 4.69. The molecule has 0 radical (unpaired) electrons. The molecule has 1 aromatic rings. The van der Waals surface area contributed by atoms with Crippen LogP contribution in [0.5, 0.6) is 0 Å². The summed E-state index contributed by atoms with van der Waals surface area (Å²) in [5, 5.41) is 6.05. The number of piperazine rings is 1. The normalized spacial score (nSPS) is 27.6. The van der Waals surface area contributed by atoms with Gasteiger partial charge in [-0.1, -0.05) is 6.07 Å². The second kappa shape index (κ2) is 5.92. The third-order valence-electron chi connectivity index (χ3n) is 4.50. The Bertz CT molecular complexity index is 388. The minimum atomic E-state index is 0.598. The smallest absolute Gasteiger partial charge is 0.0443 e. The number of nitrogens with one attached hydrogen (secondary N) is 1. The van der Waals surface area contributed by atoms with Crippen molar-refractivity contribution in [2.45, 2.75) is 24.9 Å². The maximum Gasteiger partial charge on any atom is 0.0443 e. The topological polar surface area (TPSA) is 18.5 Å². The number of likely N-dealkylation sites (N-methyl/N-ethyl adjacent to an activating group) is 2. The fraction of sp³-hybridized carbons (Fsp3) is 0.733. The molecule has 2 aliphatic rings. The highest BCUT2D eigenvalue weighted by molar-refractivity contribution is 7.10. The van der Waals surface area contributed by atoms with E-state index >= 15 is 0 Å². The van der Waals surface area contributed by atoms with Crippen molar-refractivity contribution in [1.82, 2.24) is 15.1 Å². The molecule has 2 unspecified atom stereocenters. The first kappa shape index (κ1) is 13.6. The fourth-order valence-electron chi connectivity index (χ4n) is 2.98. The Morgan fingerprint density at radius 2 is 2.21 bits per heavy atom. The molecule has 1 saturated carbocycles. The van der Waals surface area contributed by atoms with Gasteiger partial charge in [0, 0.05) is 43.1 Å². The molecule has 106 valence electrons. The van der Waals surface area contributed by atoms with Crippen molar-refractivity contribution >= 4 is 11.3 Å². The lowest BCUT2D eigenvalue weighted by Gasteiger charge is -2.38. The molecule has 1 saturated heterocycles. The van der Waals surface area contributed by atoms with Crippen molar-refractivity contribution in [2.75, 3.05) is 40.3 Å². The molecule has 0 aromatic carbocycles. The van der Waals surface area contributed by atoms with Gasteiger partial charge in [0.2, 0.25) is 0 Å². The molecule has 1 aliphatic carbocycles. The van der Waals surface area contributed by atoms with Crippen LogP contribution in [0.1, 0.15) is 23.8 Å². The minimum Gasteiger partial charge on any atom is -0.307 e. The van der Waals surface area contributed by atoms with Gasteiger partial charge in [0.1, 0.15) is 0 Å². The monoisotopic (exact) mass is 279 g/mol. The van der Waals surface area contributed by atoms with E-state index < -0.39 is 0 Å².